The van der Waals surface area contributed by atoms with E-state index in [2.05, 4.69) is 28.0 Å². The molecule has 1 heterocycles. The molecule has 2 fully saturated rings. The van der Waals surface area contributed by atoms with Crippen molar-refractivity contribution in [3.8, 4) is 0 Å². The van der Waals surface area contributed by atoms with Crippen molar-refractivity contribution in [1.82, 2.24) is 9.55 Å². The Kier molecular flexibility index (Phi) is 4.64. The minimum absolute atomic E-state index is 0.678. The van der Waals surface area contributed by atoms with Crippen molar-refractivity contribution in [2.24, 2.45) is 11.8 Å². The molecule has 2 aliphatic rings. The van der Waals surface area contributed by atoms with Gasteiger partial charge >= 0.3 is 0 Å². The highest BCUT2D eigenvalue weighted by molar-refractivity contribution is 5.27. The van der Waals surface area contributed by atoms with Crippen LogP contribution in [-0.4, -0.2) is 16.1 Å². The Hall–Kier alpha value is -0.990. The Morgan fingerprint density at radius 3 is 2.65 bits per heavy atom. The van der Waals surface area contributed by atoms with Gasteiger partial charge in [0, 0.05) is 25.0 Å². The van der Waals surface area contributed by atoms with Crippen LogP contribution in [0.15, 0.2) is 12.4 Å². The van der Waals surface area contributed by atoms with E-state index in [0.717, 1.165) is 24.3 Å². The maximum absolute atomic E-state index is 4.55. The lowest BCUT2D eigenvalue weighted by molar-refractivity contribution is 0.267. The first-order valence-electron chi connectivity index (χ1n) is 8.61. The maximum atomic E-state index is 4.55. The summed E-state index contributed by atoms with van der Waals surface area (Å²) in [7, 11) is 0. The van der Waals surface area contributed by atoms with Gasteiger partial charge in [0.25, 0.3) is 0 Å². The molecule has 0 aromatic carbocycles. The van der Waals surface area contributed by atoms with Gasteiger partial charge in [0.15, 0.2) is 0 Å². The fourth-order valence-corrected chi connectivity index (χ4v) is 4.02. The fraction of sp³-hybridized carbons (Fsp3) is 0.824. The van der Waals surface area contributed by atoms with E-state index in [-0.39, 0.29) is 0 Å². The van der Waals surface area contributed by atoms with Gasteiger partial charge in [-0.1, -0.05) is 45.4 Å². The maximum Gasteiger partial charge on any atom is 0.203 e. The summed E-state index contributed by atoms with van der Waals surface area (Å²) in [6.07, 6.45) is 16.6. The average molecular weight is 275 g/mol. The number of nitrogens with zero attached hydrogens (tertiary/aromatic N) is 2. The number of imidazole rings is 1. The number of hydrogen-bond acceptors (Lipinski definition) is 2. The van der Waals surface area contributed by atoms with Crippen LogP contribution in [0.5, 0.6) is 0 Å². The van der Waals surface area contributed by atoms with E-state index in [1.165, 1.54) is 57.8 Å². The van der Waals surface area contributed by atoms with E-state index in [1.807, 2.05) is 6.20 Å². The number of hydrogen-bond donors (Lipinski definition) is 1. The van der Waals surface area contributed by atoms with Crippen LogP contribution >= 0.6 is 0 Å². The van der Waals surface area contributed by atoms with Gasteiger partial charge in [-0.15, -0.1) is 0 Å². The van der Waals surface area contributed by atoms with Crippen molar-refractivity contribution >= 4 is 5.95 Å². The van der Waals surface area contributed by atoms with E-state index in [4.69, 9.17) is 0 Å². The Balaban J connectivity index is 1.58. The molecule has 1 N–H and O–H groups in total. The first kappa shape index (κ1) is 14.0. The monoisotopic (exact) mass is 275 g/mol. The predicted molar refractivity (Wildman–Crippen MR) is 84.0 cm³/mol. The first-order chi connectivity index (χ1) is 9.84. The van der Waals surface area contributed by atoms with Crippen LogP contribution in [0.1, 0.15) is 70.8 Å². The van der Waals surface area contributed by atoms with Gasteiger partial charge in [-0.25, -0.2) is 4.98 Å². The van der Waals surface area contributed by atoms with E-state index in [0.29, 0.717) is 6.04 Å². The zero-order chi connectivity index (χ0) is 13.8. The van der Waals surface area contributed by atoms with E-state index >= 15 is 0 Å². The van der Waals surface area contributed by atoms with Crippen LogP contribution in [0, 0.1) is 11.8 Å². The zero-order valence-corrected chi connectivity index (χ0v) is 12.9. The molecule has 0 amide bonds. The van der Waals surface area contributed by atoms with Crippen LogP contribution in [0.4, 0.5) is 5.95 Å². The summed E-state index contributed by atoms with van der Waals surface area (Å²) < 4.78 is 2.40. The van der Waals surface area contributed by atoms with Gasteiger partial charge in [0.2, 0.25) is 5.95 Å². The van der Waals surface area contributed by atoms with Crippen molar-refractivity contribution in [2.75, 3.05) is 11.9 Å². The van der Waals surface area contributed by atoms with Crippen LogP contribution in [0.25, 0.3) is 0 Å². The summed E-state index contributed by atoms with van der Waals surface area (Å²) in [6, 6.07) is 0.678. The molecule has 2 aliphatic carbocycles. The molecule has 0 radical (unpaired) electrons. The third-order valence-corrected chi connectivity index (χ3v) is 5.45. The molecule has 0 aliphatic heterocycles. The summed E-state index contributed by atoms with van der Waals surface area (Å²) >= 11 is 0. The quantitative estimate of drug-likeness (QED) is 0.868. The standard InChI is InChI=1S/C17H29N3/c1-14-7-5-6-8-15(14)13-19-17-18-11-12-20(17)16-9-3-2-4-10-16/h11-12,14-16H,2-10,13H2,1H3,(H,18,19). The largest absolute Gasteiger partial charge is 0.355 e. The normalized spacial score (nSPS) is 28.4. The molecule has 0 spiro atoms. The Morgan fingerprint density at radius 1 is 1.10 bits per heavy atom. The van der Waals surface area contributed by atoms with Crippen LogP contribution < -0.4 is 5.32 Å². The molecule has 0 bridgehead atoms. The Morgan fingerprint density at radius 2 is 1.85 bits per heavy atom. The molecule has 3 heteroatoms. The summed E-state index contributed by atoms with van der Waals surface area (Å²) in [6.45, 7) is 3.52. The second-order valence-electron chi connectivity index (χ2n) is 6.85. The van der Waals surface area contributed by atoms with Gasteiger partial charge in [-0.2, -0.15) is 0 Å². The minimum Gasteiger partial charge on any atom is -0.355 e. The van der Waals surface area contributed by atoms with Gasteiger partial charge in [0.05, 0.1) is 0 Å². The second-order valence-corrected chi connectivity index (χ2v) is 6.85. The Bertz CT molecular complexity index is 406. The summed E-state index contributed by atoms with van der Waals surface area (Å²) in [5.41, 5.74) is 0. The number of aromatic nitrogens is 2. The molecule has 2 atom stereocenters. The molecule has 3 nitrogen and oxygen atoms in total. The highest BCUT2D eigenvalue weighted by Crippen LogP contribution is 2.32. The number of rotatable bonds is 4. The third-order valence-electron chi connectivity index (χ3n) is 5.45. The molecule has 1 aromatic heterocycles. The molecule has 0 saturated heterocycles. The summed E-state index contributed by atoms with van der Waals surface area (Å²) in [5.74, 6) is 2.81. The van der Waals surface area contributed by atoms with E-state index in [1.54, 1.807) is 0 Å². The van der Waals surface area contributed by atoms with E-state index < -0.39 is 0 Å². The van der Waals surface area contributed by atoms with Crippen molar-refractivity contribution in [3.63, 3.8) is 0 Å². The van der Waals surface area contributed by atoms with Crippen LogP contribution in [0.2, 0.25) is 0 Å². The van der Waals surface area contributed by atoms with Crippen molar-refractivity contribution in [1.29, 1.82) is 0 Å². The lowest BCUT2D eigenvalue weighted by Gasteiger charge is -2.30. The van der Waals surface area contributed by atoms with Crippen molar-refractivity contribution < 1.29 is 0 Å². The fourth-order valence-electron chi connectivity index (χ4n) is 4.02. The highest BCUT2D eigenvalue weighted by Gasteiger charge is 2.22. The van der Waals surface area contributed by atoms with Crippen LogP contribution in [0.3, 0.4) is 0 Å². The van der Waals surface area contributed by atoms with Gasteiger partial charge in [0.1, 0.15) is 0 Å². The molecule has 112 valence electrons. The summed E-state index contributed by atoms with van der Waals surface area (Å²) in [4.78, 5) is 4.55. The molecule has 1 aromatic rings. The van der Waals surface area contributed by atoms with Crippen molar-refractivity contribution in [2.45, 2.75) is 70.8 Å². The lowest BCUT2D eigenvalue weighted by atomic mass is 9.80. The third kappa shape index (κ3) is 3.18. The van der Waals surface area contributed by atoms with Gasteiger partial charge < -0.3 is 9.88 Å². The molecular weight excluding hydrogens is 246 g/mol. The molecule has 2 unspecified atom stereocenters. The van der Waals surface area contributed by atoms with Gasteiger partial charge in [-0.05, 0) is 31.1 Å². The average Bonchev–Trinajstić information content (AvgIpc) is 2.96. The number of nitrogens with one attached hydrogen (secondary N) is 1. The molecule has 3 rings (SSSR count). The van der Waals surface area contributed by atoms with Crippen LogP contribution in [-0.2, 0) is 0 Å². The Labute approximate surface area is 123 Å². The SMILES string of the molecule is CC1CCCCC1CNc1nccn1C1CCCCC1. The predicted octanol–water partition coefficient (Wildman–Crippen LogP) is 4.63. The summed E-state index contributed by atoms with van der Waals surface area (Å²) in [5, 5.41) is 3.64. The smallest absolute Gasteiger partial charge is 0.203 e. The number of anilines is 1. The highest BCUT2D eigenvalue weighted by atomic mass is 15.2. The zero-order valence-electron chi connectivity index (χ0n) is 12.9. The van der Waals surface area contributed by atoms with Crippen molar-refractivity contribution in [3.05, 3.63) is 12.4 Å². The molecule has 20 heavy (non-hydrogen) atoms. The minimum atomic E-state index is 0.678. The second kappa shape index (κ2) is 6.64. The topological polar surface area (TPSA) is 29.9 Å². The molecular formula is C17H29N3. The lowest BCUT2D eigenvalue weighted by Crippen LogP contribution is -2.26. The van der Waals surface area contributed by atoms with E-state index in [9.17, 15) is 0 Å². The molecule has 2 saturated carbocycles. The van der Waals surface area contributed by atoms with Gasteiger partial charge in [-0.3, -0.25) is 0 Å². The first-order valence-corrected chi connectivity index (χ1v) is 8.61.